The SMILES string of the molecule is CCNCC(C)C(=O)Nc1c(Cl)cc(Cl)c2nsnc12. The van der Waals surface area contributed by atoms with E-state index in [0.29, 0.717) is 33.3 Å². The molecule has 20 heavy (non-hydrogen) atoms. The monoisotopic (exact) mass is 332 g/mol. The number of halogens is 2. The minimum Gasteiger partial charge on any atom is -0.323 e. The Hall–Kier alpha value is -0.950. The van der Waals surface area contributed by atoms with E-state index in [4.69, 9.17) is 23.2 Å². The Kier molecular flexibility index (Phi) is 5.15. The first-order chi connectivity index (χ1) is 9.54. The van der Waals surface area contributed by atoms with Crippen LogP contribution in [0.3, 0.4) is 0 Å². The number of carbonyl (C=O) groups is 1. The highest BCUT2D eigenvalue weighted by Crippen LogP contribution is 2.35. The van der Waals surface area contributed by atoms with Gasteiger partial charge in [0.05, 0.1) is 27.5 Å². The molecule has 0 saturated carbocycles. The highest BCUT2D eigenvalue weighted by Gasteiger charge is 2.19. The largest absolute Gasteiger partial charge is 0.323 e. The number of benzene rings is 1. The summed E-state index contributed by atoms with van der Waals surface area (Å²) in [6.07, 6.45) is 0. The fourth-order valence-corrected chi connectivity index (χ4v) is 2.85. The molecular weight excluding hydrogens is 319 g/mol. The summed E-state index contributed by atoms with van der Waals surface area (Å²) in [5.74, 6) is -0.298. The van der Waals surface area contributed by atoms with Crippen molar-refractivity contribution >= 4 is 57.6 Å². The van der Waals surface area contributed by atoms with Gasteiger partial charge in [-0.2, -0.15) is 8.75 Å². The highest BCUT2D eigenvalue weighted by molar-refractivity contribution is 7.00. The minimum atomic E-state index is -0.177. The number of amides is 1. The van der Waals surface area contributed by atoms with E-state index >= 15 is 0 Å². The lowest BCUT2D eigenvalue weighted by atomic mass is 10.1. The molecule has 108 valence electrons. The Morgan fingerprint density at radius 1 is 1.35 bits per heavy atom. The van der Waals surface area contributed by atoms with Crippen LogP contribution in [0.2, 0.25) is 10.0 Å². The molecule has 0 aliphatic carbocycles. The van der Waals surface area contributed by atoms with Crippen LogP contribution < -0.4 is 10.6 Å². The summed E-state index contributed by atoms with van der Waals surface area (Å²) in [5, 5.41) is 6.73. The smallest absolute Gasteiger partial charge is 0.228 e. The number of aromatic nitrogens is 2. The molecule has 2 aromatic rings. The number of rotatable bonds is 5. The maximum atomic E-state index is 12.1. The van der Waals surface area contributed by atoms with Gasteiger partial charge >= 0.3 is 0 Å². The van der Waals surface area contributed by atoms with E-state index in [9.17, 15) is 4.79 Å². The summed E-state index contributed by atoms with van der Waals surface area (Å²) in [4.78, 5) is 12.1. The quantitative estimate of drug-likeness (QED) is 0.882. The molecular formula is C12H14Cl2N4OS. The van der Waals surface area contributed by atoms with Crippen molar-refractivity contribution in [2.75, 3.05) is 18.4 Å². The van der Waals surface area contributed by atoms with E-state index < -0.39 is 0 Å². The summed E-state index contributed by atoms with van der Waals surface area (Å²) in [5.41, 5.74) is 1.54. The predicted molar refractivity (Wildman–Crippen MR) is 83.8 cm³/mol. The molecule has 2 rings (SSSR count). The molecule has 1 aromatic carbocycles. The van der Waals surface area contributed by atoms with Crippen LogP contribution in [0.4, 0.5) is 5.69 Å². The molecule has 0 spiro atoms. The van der Waals surface area contributed by atoms with Gasteiger partial charge in [-0.3, -0.25) is 4.79 Å². The van der Waals surface area contributed by atoms with Crippen LogP contribution >= 0.6 is 34.9 Å². The summed E-state index contributed by atoms with van der Waals surface area (Å²) < 4.78 is 8.24. The number of carbonyl (C=O) groups excluding carboxylic acids is 1. The number of anilines is 1. The number of nitrogens with zero attached hydrogens (tertiary/aromatic N) is 2. The summed E-state index contributed by atoms with van der Waals surface area (Å²) in [6.45, 7) is 5.26. The van der Waals surface area contributed by atoms with Gasteiger partial charge in [0.2, 0.25) is 5.91 Å². The second-order valence-electron chi connectivity index (χ2n) is 4.37. The van der Waals surface area contributed by atoms with E-state index in [1.807, 2.05) is 13.8 Å². The number of hydrogen-bond acceptors (Lipinski definition) is 5. The molecule has 1 atom stereocenters. The fourth-order valence-electron chi connectivity index (χ4n) is 1.69. The van der Waals surface area contributed by atoms with E-state index in [1.165, 1.54) is 0 Å². The number of fused-ring (bicyclic) bond motifs is 1. The molecule has 0 bridgehead atoms. The predicted octanol–water partition coefficient (Wildman–Crippen LogP) is 3.18. The van der Waals surface area contributed by atoms with E-state index in [-0.39, 0.29) is 11.8 Å². The van der Waals surface area contributed by atoms with Crippen LogP contribution in [0, 0.1) is 5.92 Å². The molecule has 0 saturated heterocycles. The Balaban J connectivity index is 2.25. The van der Waals surface area contributed by atoms with Crippen LogP contribution in [-0.4, -0.2) is 27.7 Å². The molecule has 8 heteroatoms. The van der Waals surface area contributed by atoms with Crippen molar-refractivity contribution < 1.29 is 4.79 Å². The Bertz CT molecular complexity index is 631. The average Bonchev–Trinajstić information content (AvgIpc) is 2.90. The van der Waals surface area contributed by atoms with Gasteiger partial charge in [0.15, 0.2) is 0 Å². The molecule has 1 unspecified atom stereocenters. The maximum Gasteiger partial charge on any atom is 0.228 e. The van der Waals surface area contributed by atoms with Gasteiger partial charge in [-0.1, -0.05) is 37.0 Å². The van der Waals surface area contributed by atoms with Crippen LogP contribution in [-0.2, 0) is 4.79 Å². The second-order valence-corrected chi connectivity index (χ2v) is 5.72. The Morgan fingerprint density at radius 3 is 2.75 bits per heavy atom. The molecule has 0 aliphatic rings. The summed E-state index contributed by atoms with van der Waals surface area (Å²) in [7, 11) is 0. The van der Waals surface area contributed by atoms with Crippen molar-refractivity contribution in [3.8, 4) is 0 Å². The van der Waals surface area contributed by atoms with E-state index in [0.717, 1.165) is 18.3 Å². The first-order valence-electron chi connectivity index (χ1n) is 6.16. The zero-order valence-corrected chi connectivity index (χ0v) is 13.4. The molecule has 0 radical (unpaired) electrons. The summed E-state index contributed by atoms with van der Waals surface area (Å²) in [6, 6.07) is 1.57. The van der Waals surface area contributed by atoms with Gasteiger partial charge in [0.25, 0.3) is 0 Å². The van der Waals surface area contributed by atoms with Gasteiger partial charge in [-0.15, -0.1) is 0 Å². The molecule has 1 aromatic heterocycles. The molecule has 1 heterocycles. The van der Waals surface area contributed by atoms with Crippen molar-refractivity contribution in [3.63, 3.8) is 0 Å². The number of hydrogen-bond donors (Lipinski definition) is 2. The summed E-state index contributed by atoms with van der Waals surface area (Å²) >= 11 is 13.2. The molecule has 0 aliphatic heterocycles. The third-order valence-electron chi connectivity index (χ3n) is 2.84. The number of nitrogens with one attached hydrogen (secondary N) is 2. The standard InChI is InChI=1S/C12H14Cl2N4OS/c1-3-15-5-6(2)12(19)16-9-7(13)4-8(14)10-11(9)18-20-17-10/h4,6,15H,3,5H2,1-2H3,(H,16,19). The van der Waals surface area contributed by atoms with Gasteiger partial charge in [0.1, 0.15) is 11.0 Å². The van der Waals surface area contributed by atoms with Crippen LogP contribution in [0.5, 0.6) is 0 Å². The van der Waals surface area contributed by atoms with Gasteiger partial charge < -0.3 is 10.6 Å². The van der Waals surface area contributed by atoms with Crippen LogP contribution in [0.25, 0.3) is 11.0 Å². The highest BCUT2D eigenvalue weighted by atomic mass is 35.5. The van der Waals surface area contributed by atoms with E-state index in [1.54, 1.807) is 6.07 Å². The van der Waals surface area contributed by atoms with E-state index in [2.05, 4.69) is 19.4 Å². The van der Waals surface area contributed by atoms with Crippen LogP contribution in [0.15, 0.2) is 6.07 Å². The van der Waals surface area contributed by atoms with Crippen molar-refractivity contribution in [2.45, 2.75) is 13.8 Å². The molecule has 0 fully saturated rings. The third-order valence-corrected chi connectivity index (χ3v) is 3.95. The Labute approximate surface area is 131 Å². The zero-order valence-electron chi connectivity index (χ0n) is 11.0. The molecule has 1 amide bonds. The van der Waals surface area contributed by atoms with Crippen molar-refractivity contribution in [1.82, 2.24) is 14.1 Å². The lowest BCUT2D eigenvalue weighted by molar-refractivity contribution is -0.119. The third kappa shape index (κ3) is 3.20. The van der Waals surface area contributed by atoms with Gasteiger partial charge in [-0.05, 0) is 12.6 Å². The molecule has 5 nitrogen and oxygen atoms in total. The van der Waals surface area contributed by atoms with Crippen LogP contribution in [0.1, 0.15) is 13.8 Å². The zero-order chi connectivity index (χ0) is 14.7. The average molecular weight is 333 g/mol. The molecule has 2 N–H and O–H groups in total. The maximum absolute atomic E-state index is 12.1. The fraction of sp³-hybridized carbons (Fsp3) is 0.417. The normalized spacial score (nSPS) is 12.6. The van der Waals surface area contributed by atoms with Crippen molar-refractivity contribution in [1.29, 1.82) is 0 Å². The second kappa shape index (κ2) is 6.67. The lowest BCUT2D eigenvalue weighted by Gasteiger charge is -2.13. The Morgan fingerprint density at radius 2 is 2.05 bits per heavy atom. The topological polar surface area (TPSA) is 66.9 Å². The minimum absolute atomic E-state index is 0.121. The van der Waals surface area contributed by atoms with Crippen molar-refractivity contribution in [2.24, 2.45) is 5.92 Å². The van der Waals surface area contributed by atoms with Gasteiger partial charge in [0, 0.05) is 12.5 Å². The van der Waals surface area contributed by atoms with Gasteiger partial charge in [-0.25, -0.2) is 0 Å². The lowest BCUT2D eigenvalue weighted by Crippen LogP contribution is -2.30. The first-order valence-corrected chi connectivity index (χ1v) is 7.65. The first kappa shape index (κ1) is 15.4. The van der Waals surface area contributed by atoms with Crippen molar-refractivity contribution in [3.05, 3.63) is 16.1 Å².